The Bertz CT molecular complexity index is 78.7. The summed E-state index contributed by atoms with van der Waals surface area (Å²) in [5, 5.41) is 0. The van der Waals surface area contributed by atoms with Gasteiger partial charge in [-0.3, -0.25) is 0 Å². The number of alkyl halides is 1. The molecule has 0 saturated heterocycles. The van der Waals surface area contributed by atoms with Crippen molar-refractivity contribution < 1.29 is 33.7 Å². The Morgan fingerprint density at radius 2 is 1.50 bits per heavy atom. The molecule has 64 valence electrons. The van der Waals surface area contributed by atoms with Crippen LogP contribution in [-0.2, 0) is 13.3 Å². The van der Waals surface area contributed by atoms with Gasteiger partial charge in [-0.1, -0.05) is 0 Å². The molecule has 0 bridgehead atoms. The zero-order valence-corrected chi connectivity index (χ0v) is 9.97. The van der Waals surface area contributed by atoms with Gasteiger partial charge in [-0.25, -0.2) is 0 Å². The van der Waals surface area contributed by atoms with Gasteiger partial charge in [0.15, 0.2) is 0 Å². The van der Waals surface area contributed by atoms with E-state index in [2.05, 4.69) is 6.92 Å². The fourth-order valence-corrected chi connectivity index (χ4v) is 7.34. The molecule has 10 heavy (non-hydrogen) atoms. The van der Waals surface area contributed by atoms with E-state index in [-0.39, 0.29) is 20.4 Å². The van der Waals surface area contributed by atoms with E-state index in [9.17, 15) is 0 Å². The van der Waals surface area contributed by atoms with E-state index in [4.69, 9.17) is 13.3 Å². The third-order valence-electron chi connectivity index (χ3n) is 1.03. The molecule has 0 aliphatic carbocycles. The fourth-order valence-electron chi connectivity index (χ4n) is 0.577. The molecule has 0 aliphatic heterocycles. The molecule has 0 heterocycles. The molecule has 0 fully saturated rings. The van der Waals surface area contributed by atoms with Crippen molar-refractivity contribution in [3.8, 4) is 0 Å². The maximum atomic E-state index is 5.22. The third-order valence-corrected chi connectivity index (χ3v) is 12.1. The topological polar surface area (TPSA) is 27.7 Å². The summed E-state index contributed by atoms with van der Waals surface area (Å²) in [5.41, 5.74) is 0. The summed E-state index contributed by atoms with van der Waals surface area (Å²) < 4.78 is 16.8. The first-order valence-corrected chi connectivity index (χ1v) is 9.37. The van der Waals surface area contributed by atoms with E-state index in [1.54, 1.807) is 21.3 Å². The van der Waals surface area contributed by atoms with Crippen molar-refractivity contribution in [3.05, 3.63) is 0 Å². The molecular formula is C5H14IO3Si-. The zero-order valence-electron chi connectivity index (χ0n) is 6.81. The van der Waals surface area contributed by atoms with Crippen molar-refractivity contribution in [3.63, 3.8) is 0 Å². The predicted octanol–water partition coefficient (Wildman–Crippen LogP) is -2.53. The molecule has 0 atom stereocenters. The van der Waals surface area contributed by atoms with Crippen molar-refractivity contribution in [2.24, 2.45) is 0 Å². The van der Waals surface area contributed by atoms with Gasteiger partial charge in [0.2, 0.25) is 0 Å². The summed E-state index contributed by atoms with van der Waals surface area (Å²) in [6.45, 7) is 2.13. The number of hydrogen-bond donors (Lipinski definition) is 0. The normalized spacial score (nSPS) is 12.4. The molecule has 0 aromatic heterocycles. The van der Waals surface area contributed by atoms with E-state index in [0.717, 1.165) is 4.43 Å². The van der Waals surface area contributed by atoms with Crippen LogP contribution in [0, 0.1) is 0 Å². The molecule has 0 aliphatic rings. The molecule has 5 heteroatoms. The van der Waals surface area contributed by atoms with Crippen LogP contribution in [0.2, 0.25) is 0 Å². The quantitative estimate of drug-likeness (QED) is 0.240. The van der Waals surface area contributed by atoms with Gasteiger partial charge in [-0.05, 0) is 0 Å². The van der Waals surface area contributed by atoms with Gasteiger partial charge >= 0.3 is 72.7 Å². The van der Waals surface area contributed by atoms with Gasteiger partial charge in [0.05, 0.1) is 0 Å². The van der Waals surface area contributed by atoms with Gasteiger partial charge in [-0.15, -0.1) is 0 Å². The molecule has 0 saturated carbocycles. The molecule has 0 amide bonds. The average Bonchev–Trinajstić information content (AvgIpc) is 2.01. The number of halogens is 1. The zero-order chi connectivity index (χ0) is 8.04. The summed E-state index contributed by atoms with van der Waals surface area (Å²) in [6.07, 6.45) is -2.11. The second kappa shape index (κ2) is 5.47. The summed E-state index contributed by atoms with van der Waals surface area (Å²) in [6, 6.07) is 0. The van der Waals surface area contributed by atoms with Crippen LogP contribution in [-0.4, -0.2) is 32.1 Å². The molecule has 0 unspecified atom stereocenters. The van der Waals surface area contributed by atoms with Gasteiger partial charge in [0.1, 0.15) is 0 Å². The van der Waals surface area contributed by atoms with Crippen molar-refractivity contribution in [2.75, 3.05) is 25.8 Å². The van der Waals surface area contributed by atoms with Gasteiger partial charge in [0, 0.05) is 0 Å². The van der Waals surface area contributed by atoms with E-state index in [1.165, 1.54) is 0 Å². The Hall–Kier alpha value is 0.827. The SMILES string of the molecule is CC[I-][Si](OC)(OC)OC. The summed E-state index contributed by atoms with van der Waals surface area (Å²) in [5.74, 6) is 0. The molecule has 0 aromatic carbocycles. The molecule has 3 nitrogen and oxygen atoms in total. The van der Waals surface area contributed by atoms with E-state index in [1.807, 2.05) is 0 Å². The monoisotopic (exact) mass is 277 g/mol. The number of rotatable bonds is 5. The standard InChI is InChI=1S/C5H14IO3Si/c1-5-6-10(7-2,8-3)9-4/h5H2,1-4H3/q-1. The molecule has 0 radical (unpaired) electrons. The van der Waals surface area contributed by atoms with Crippen LogP contribution >= 0.6 is 0 Å². The molecule has 0 N–H and O–H groups in total. The van der Waals surface area contributed by atoms with E-state index >= 15 is 0 Å². The van der Waals surface area contributed by atoms with Crippen LogP contribution in [0.5, 0.6) is 0 Å². The first kappa shape index (κ1) is 10.8. The first-order valence-electron chi connectivity index (χ1n) is 3.00. The van der Waals surface area contributed by atoms with Crippen molar-refractivity contribution in [2.45, 2.75) is 6.92 Å². The second-order valence-electron chi connectivity index (χ2n) is 1.49. The predicted molar refractivity (Wildman–Crippen MR) is 37.3 cm³/mol. The summed E-state index contributed by atoms with van der Waals surface area (Å²) >= 11 is -0.0526. The van der Waals surface area contributed by atoms with Crippen molar-refractivity contribution in [1.82, 2.24) is 0 Å². The van der Waals surface area contributed by atoms with Crippen LogP contribution in [0.4, 0.5) is 0 Å². The van der Waals surface area contributed by atoms with Crippen LogP contribution in [0.3, 0.4) is 0 Å². The van der Waals surface area contributed by atoms with Gasteiger partial charge < -0.3 is 0 Å². The summed E-state index contributed by atoms with van der Waals surface area (Å²) in [7, 11) is 4.98. The fraction of sp³-hybridized carbons (Fsp3) is 1.00. The minimum atomic E-state index is -2.11. The minimum absolute atomic E-state index is 0.0526. The van der Waals surface area contributed by atoms with E-state index < -0.39 is 6.30 Å². The van der Waals surface area contributed by atoms with Crippen molar-refractivity contribution >= 4 is 6.30 Å². The van der Waals surface area contributed by atoms with Crippen LogP contribution in [0.25, 0.3) is 0 Å². The Labute approximate surface area is 72.7 Å². The Morgan fingerprint density at radius 1 is 1.10 bits per heavy atom. The third kappa shape index (κ3) is 2.83. The number of hydrogen-bond acceptors (Lipinski definition) is 3. The summed E-state index contributed by atoms with van der Waals surface area (Å²) in [4.78, 5) is 0. The van der Waals surface area contributed by atoms with Crippen LogP contribution in [0.15, 0.2) is 0 Å². The van der Waals surface area contributed by atoms with E-state index in [0.29, 0.717) is 0 Å². The Morgan fingerprint density at radius 3 is 1.60 bits per heavy atom. The van der Waals surface area contributed by atoms with Gasteiger partial charge in [-0.2, -0.15) is 0 Å². The molecular weight excluding hydrogens is 263 g/mol. The second-order valence-corrected chi connectivity index (χ2v) is 11.7. The van der Waals surface area contributed by atoms with Crippen LogP contribution < -0.4 is 20.4 Å². The van der Waals surface area contributed by atoms with Gasteiger partial charge in [0.25, 0.3) is 0 Å². The molecule has 0 aromatic rings. The maximum absolute atomic E-state index is 5.22. The first-order chi connectivity index (χ1) is 4.74. The Kier molecular flexibility index (Phi) is 5.93. The van der Waals surface area contributed by atoms with Crippen molar-refractivity contribution in [1.29, 1.82) is 0 Å². The average molecular weight is 277 g/mol. The molecule has 0 rings (SSSR count). The molecule has 0 spiro atoms. The Balaban J connectivity index is 3.87. The van der Waals surface area contributed by atoms with Crippen LogP contribution in [0.1, 0.15) is 6.92 Å².